The molecule has 1 aliphatic rings. The van der Waals surface area contributed by atoms with Crippen LogP contribution in [0.2, 0.25) is 0 Å². The van der Waals surface area contributed by atoms with Gasteiger partial charge < -0.3 is 10.5 Å². The van der Waals surface area contributed by atoms with E-state index in [1.165, 1.54) is 0 Å². The van der Waals surface area contributed by atoms with Gasteiger partial charge in [0.15, 0.2) is 5.78 Å². The third kappa shape index (κ3) is 2.89. The quantitative estimate of drug-likeness (QED) is 0.819. The summed E-state index contributed by atoms with van der Waals surface area (Å²) >= 11 is 0. The molecule has 1 aromatic carbocycles. The van der Waals surface area contributed by atoms with Gasteiger partial charge in [-0.05, 0) is 31.5 Å². The molecule has 0 amide bonds. The molecule has 0 radical (unpaired) electrons. The number of likely N-dealkylation sites (tertiary alicyclic amines) is 1. The Morgan fingerprint density at radius 1 is 1.56 bits per heavy atom. The number of hydrogen-bond acceptors (Lipinski definition) is 4. The van der Waals surface area contributed by atoms with Crippen molar-refractivity contribution in [3.63, 3.8) is 0 Å². The van der Waals surface area contributed by atoms with Crippen LogP contribution < -0.4 is 10.5 Å². The molecular weight excluding hydrogens is 228 g/mol. The first-order valence-corrected chi connectivity index (χ1v) is 6.26. The molecule has 18 heavy (non-hydrogen) atoms. The number of ketones is 1. The Bertz CT molecular complexity index is 445. The Labute approximate surface area is 108 Å². The Morgan fingerprint density at radius 3 is 2.89 bits per heavy atom. The van der Waals surface area contributed by atoms with Crippen LogP contribution in [0.15, 0.2) is 18.2 Å². The Kier molecular flexibility index (Phi) is 3.99. The van der Waals surface area contributed by atoms with Crippen molar-refractivity contribution >= 4 is 5.78 Å². The maximum atomic E-state index is 11.4. The van der Waals surface area contributed by atoms with Crippen LogP contribution in [-0.2, 0) is 6.54 Å². The zero-order chi connectivity index (χ0) is 13.1. The first kappa shape index (κ1) is 13.1. The predicted octanol–water partition coefficient (Wildman–Crippen LogP) is 1.43. The van der Waals surface area contributed by atoms with Crippen molar-refractivity contribution in [3.8, 4) is 5.75 Å². The van der Waals surface area contributed by atoms with Crippen LogP contribution in [0.4, 0.5) is 0 Å². The van der Waals surface area contributed by atoms with Gasteiger partial charge in [-0.2, -0.15) is 0 Å². The zero-order valence-corrected chi connectivity index (χ0v) is 11.0. The van der Waals surface area contributed by atoms with Crippen LogP contribution in [0.3, 0.4) is 0 Å². The number of nitrogens with two attached hydrogens (primary N) is 1. The summed E-state index contributed by atoms with van der Waals surface area (Å²) in [6, 6.07) is 5.86. The molecule has 2 rings (SSSR count). The van der Waals surface area contributed by atoms with Crippen LogP contribution in [0, 0.1) is 0 Å². The lowest BCUT2D eigenvalue weighted by molar-refractivity contribution is 0.101. The van der Waals surface area contributed by atoms with E-state index in [1.54, 1.807) is 20.1 Å². The van der Waals surface area contributed by atoms with E-state index in [1.807, 2.05) is 12.1 Å². The monoisotopic (exact) mass is 248 g/mol. The van der Waals surface area contributed by atoms with Gasteiger partial charge in [-0.15, -0.1) is 0 Å². The fraction of sp³-hybridized carbons (Fsp3) is 0.500. The van der Waals surface area contributed by atoms with Crippen molar-refractivity contribution in [2.24, 2.45) is 5.73 Å². The maximum Gasteiger partial charge on any atom is 0.159 e. The van der Waals surface area contributed by atoms with Crippen LogP contribution in [0.5, 0.6) is 5.75 Å². The number of methoxy groups -OCH3 is 1. The summed E-state index contributed by atoms with van der Waals surface area (Å²) in [5.41, 5.74) is 7.69. The van der Waals surface area contributed by atoms with Crippen LogP contribution in [0.1, 0.15) is 29.3 Å². The summed E-state index contributed by atoms with van der Waals surface area (Å²) < 4.78 is 5.35. The minimum atomic E-state index is 0.0806. The molecule has 0 bridgehead atoms. The number of rotatable bonds is 4. The lowest BCUT2D eigenvalue weighted by Gasteiger charge is -2.17. The summed E-state index contributed by atoms with van der Waals surface area (Å²) in [5, 5.41) is 0. The normalized spacial score (nSPS) is 20.1. The summed E-state index contributed by atoms with van der Waals surface area (Å²) in [6.07, 6.45) is 1.04. The number of carbonyl (C=O) groups excluding carboxylic acids is 1. The molecule has 0 aromatic heterocycles. The minimum Gasteiger partial charge on any atom is -0.496 e. The first-order chi connectivity index (χ1) is 8.60. The van der Waals surface area contributed by atoms with Gasteiger partial charge in [0.1, 0.15) is 5.75 Å². The van der Waals surface area contributed by atoms with Gasteiger partial charge in [0.05, 0.1) is 7.11 Å². The lowest BCUT2D eigenvalue weighted by atomic mass is 10.1. The van der Waals surface area contributed by atoms with Crippen molar-refractivity contribution in [2.75, 3.05) is 20.2 Å². The largest absolute Gasteiger partial charge is 0.496 e. The Morgan fingerprint density at radius 2 is 2.33 bits per heavy atom. The molecule has 1 saturated heterocycles. The van der Waals surface area contributed by atoms with Gasteiger partial charge in [0, 0.05) is 36.8 Å². The highest BCUT2D eigenvalue weighted by molar-refractivity contribution is 5.94. The molecule has 2 N–H and O–H groups in total. The Balaban J connectivity index is 2.18. The Hall–Kier alpha value is -1.39. The molecule has 1 aliphatic heterocycles. The fourth-order valence-electron chi connectivity index (χ4n) is 2.37. The number of nitrogens with zero attached hydrogens (tertiary/aromatic N) is 1. The predicted molar refractivity (Wildman–Crippen MR) is 70.9 cm³/mol. The molecule has 1 fully saturated rings. The standard InChI is InChI=1S/C14H20N2O2/c1-10(17)11-3-4-14(18-2)12(7-11)8-16-6-5-13(15)9-16/h3-4,7,13H,5-6,8-9,15H2,1-2H3/t13-/m0/s1. The van der Waals surface area contributed by atoms with E-state index < -0.39 is 0 Å². The highest BCUT2D eigenvalue weighted by Gasteiger charge is 2.20. The van der Waals surface area contributed by atoms with E-state index in [4.69, 9.17) is 10.5 Å². The van der Waals surface area contributed by atoms with Gasteiger partial charge in [0.25, 0.3) is 0 Å². The molecule has 0 saturated carbocycles. The van der Waals surface area contributed by atoms with E-state index in [0.29, 0.717) is 0 Å². The van der Waals surface area contributed by atoms with Crippen LogP contribution in [-0.4, -0.2) is 36.9 Å². The van der Waals surface area contributed by atoms with Crippen molar-refractivity contribution < 1.29 is 9.53 Å². The maximum absolute atomic E-state index is 11.4. The van der Waals surface area contributed by atoms with Crippen molar-refractivity contribution in [2.45, 2.75) is 25.9 Å². The topological polar surface area (TPSA) is 55.6 Å². The molecule has 1 heterocycles. The lowest BCUT2D eigenvalue weighted by Crippen LogP contribution is -2.26. The van der Waals surface area contributed by atoms with Crippen molar-refractivity contribution in [1.82, 2.24) is 4.90 Å². The second-order valence-corrected chi connectivity index (χ2v) is 4.87. The van der Waals surface area contributed by atoms with Gasteiger partial charge >= 0.3 is 0 Å². The van der Waals surface area contributed by atoms with E-state index in [0.717, 1.165) is 42.9 Å². The average molecular weight is 248 g/mol. The summed E-state index contributed by atoms with van der Waals surface area (Å²) in [5.74, 6) is 0.914. The van der Waals surface area contributed by atoms with Crippen molar-refractivity contribution in [3.05, 3.63) is 29.3 Å². The molecule has 98 valence electrons. The SMILES string of the molecule is COc1ccc(C(C)=O)cc1CN1CC[C@H](N)C1. The number of benzene rings is 1. The smallest absolute Gasteiger partial charge is 0.159 e. The van der Waals surface area contributed by atoms with Crippen molar-refractivity contribution in [1.29, 1.82) is 0 Å². The van der Waals surface area contributed by atoms with Crippen LogP contribution in [0.25, 0.3) is 0 Å². The molecule has 1 atom stereocenters. The zero-order valence-electron chi connectivity index (χ0n) is 11.0. The average Bonchev–Trinajstić information content (AvgIpc) is 2.74. The molecule has 0 unspecified atom stereocenters. The van der Waals surface area contributed by atoms with E-state index in [2.05, 4.69) is 4.90 Å². The second kappa shape index (κ2) is 5.50. The summed E-state index contributed by atoms with van der Waals surface area (Å²) in [6.45, 7) is 4.29. The number of carbonyl (C=O) groups is 1. The third-order valence-corrected chi connectivity index (χ3v) is 3.39. The number of ether oxygens (including phenoxy) is 1. The molecule has 0 spiro atoms. The molecule has 4 heteroatoms. The van der Waals surface area contributed by atoms with Gasteiger partial charge in [-0.3, -0.25) is 9.69 Å². The summed E-state index contributed by atoms with van der Waals surface area (Å²) in [7, 11) is 1.65. The van der Waals surface area contributed by atoms with E-state index >= 15 is 0 Å². The molecule has 1 aromatic rings. The van der Waals surface area contributed by atoms with E-state index in [9.17, 15) is 4.79 Å². The van der Waals surface area contributed by atoms with Gasteiger partial charge in [-0.1, -0.05) is 0 Å². The third-order valence-electron chi connectivity index (χ3n) is 3.39. The molecule has 4 nitrogen and oxygen atoms in total. The minimum absolute atomic E-state index is 0.0806. The fourth-order valence-corrected chi connectivity index (χ4v) is 2.37. The number of hydrogen-bond donors (Lipinski definition) is 1. The highest BCUT2D eigenvalue weighted by atomic mass is 16.5. The molecule has 0 aliphatic carbocycles. The van der Waals surface area contributed by atoms with Gasteiger partial charge in [-0.25, -0.2) is 0 Å². The highest BCUT2D eigenvalue weighted by Crippen LogP contribution is 2.23. The summed E-state index contributed by atoms with van der Waals surface area (Å²) in [4.78, 5) is 13.7. The van der Waals surface area contributed by atoms with Crippen LogP contribution >= 0.6 is 0 Å². The first-order valence-electron chi connectivity index (χ1n) is 6.26. The molecular formula is C14H20N2O2. The van der Waals surface area contributed by atoms with Gasteiger partial charge in [0.2, 0.25) is 0 Å². The number of Topliss-reactive ketones (excluding diaryl/α,β-unsaturated/α-hetero) is 1. The van der Waals surface area contributed by atoms with E-state index in [-0.39, 0.29) is 11.8 Å². The second-order valence-electron chi connectivity index (χ2n) is 4.87.